The fourth-order valence-corrected chi connectivity index (χ4v) is 3.38. The highest BCUT2D eigenvalue weighted by Gasteiger charge is 2.27. The average molecular weight is 259 g/mol. The van der Waals surface area contributed by atoms with Gasteiger partial charge in [-0.15, -0.1) is 0 Å². The molecule has 1 atom stereocenters. The van der Waals surface area contributed by atoms with Gasteiger partial charge in [-0.05, 0) is 28.7 Å². The zero-order valence-electron chi connectivity index (χ0n) is 11.6. The van der Waals surface area contributed by atoms with Crippen molar-refractivity contribution in [1.82, 2.24) is 4.57 Å². The second-order valence-corrected chi connectivity index (χ2v) is 5.61. The number of hydrogen-bond acceptors (Lipinski definition) is 0. The van der Waals surface area contributed by atoms with Crippen LogP contribution in [-0.4, -0.2) is 4.57 Å². The fraction of sp³-hybridized carbons (Fsp3) is 0.158. The molecule has 0 radical (unpaired) electrons. The van der Waals surface area contributed by atoms with E-state index in [1.165, 1.54) is 27.8 Å². The molecule has 2 aromatic rings. The SMILES string of the molecule is Cn1cc2c(c1)C(c1ccccc1)=C1C=CC=CC1C2. The summed E-state index contributed by atoms with van der Waals surface area (Å²) >= 11 is 0. The highest BCUT2D eigenvalue weighted by molar-refractivity contribution is 5.87. The molecule has 1 heterocycles. The number of aryl methyl sites for hydroxylation is 1. The molecule has 0 N–H and O–H groups in total. The lowest BCUT2D eigenvalue weighted by Gasteiger charge is -2.27. The number of nitrogens with zero attached hydrogens (tertiary/aromatic N) is 1. The fourth-order valence-electron chi connectivity index (χ4n) is 3.38. The third-order valence-corrected chi connectivity index (χ3v) is 4.23. The molecule has 4 rings (SSSR count). The monoisotopic (exact) mass is 259 g/mol. The Morgan fingerprint density at radius 1 is 1.05 bits per heavy atom. The number of aromatic nitrogens is 1. The Bertz CT molecular complexity index is 741. The van der Waals surface area contributed by atoms with E-state index in [-0.39, 0.29) is 0 Å². The Balaban J connectivity index is 2.00. The lowest BCUT2D eigenvalue weighted by Crippen LogP contribution is -2.14. The lowest BCUT2D eigenvalue weighted by atomic mass is 9.76. The van der Waals surface area contributed by atoms with E-state index >= 15 is 0 Å². The van der Waals surface area contributed by atoms with Crippen molar-refractivity contribution in [1.29, 1.82) is 0 Å². The summed E-state index contributed by atoms with van der Waals surface area (Å²) in [6.45, 7) is 0. The molecule has 0 saturated heterocycles. The van der Waals surface area contributed by atoms with Gasteiger partial charge in [-0.2, -0.15) is 0 Å². The minimum Gasteiger partial charge on any atom is -0.356 e. The maximum Gasteiger partial charge on any atom is 0.0114 e. The molecule has 20 heavy (non-hydrogen) atoms. The third kappa shape index (κ3) is 1.70. The minimum atomic E-state index is 0.519. The smallest absolute Gasteiger partial charge is 0.0114 e. The predicted octanol–water partition coefficient (Wildman–Crippen LogP) is 4.13. The zero-order chi connectivity index (χ0) is 13.5. The summed E-state index contributed by atoms with van der Waals surface area (Å²) in [6.07, 6.45) is 14.6. The van der Waals surface area contributed by atoms with E-state index in [0.717, 1.165) is 6.42 Å². The van der Waals surface area contributed by atoms with Crippen molar-refractivity contribution in [3.63, 3.8) is 0 Å². The normalized spacial score (nSPS) is 19.9. The van der Waals surface area contributed by atoms with Gasteiger partial charge in [-0.3, -0.25) is 0 Å². The van der Waals surface area contributed by atoms with Crippen LogP contribution in [0.5, 0.6) is 0 Å². The van der Waals surface area contributed by atoms with E-state index in [9.17, 15) is 0 Å². The Morgan fingerprint density at radius 2 is 1.90 bits per heavy atom. The highest BCUT2D eigenvalue weighted by Crippen LogP contribution is 2.41. The van der Waals surface area contributed by atoms with E-state index in [4.69, 9.17) is 0 Å². The van der Waals surface area contributed by atoms with E-state index in [2.05, 4.69) is 78.6 Å². The van der Waals surface area contributed by atoms with Gasteiger partial charge in [0, 0.05) is 30.9 Å². The van der Waals surface area contributed by atoms with Crippen LogP contribution in [0, 0.1) is 5.92 Å². The van der Waals surface area contributed by atoms with Crippen LogP contribution in [0.3, 0.4) is 0 Å². The average Bonchev–Trinajstić information content (AvgIpc) is 2.85. The van der Waals surface area contributed by atoms with Gasteiger partial charge in [0.2, 0.25) is 0 Å². The lowest BCUT2D eigenvalue weighted by molar-refractivity contribution is 0.754. The molecule has 0 aliphatic heterocycles. The van der Waals surface area contributed by atoms with Crippen molar-refractivity contribution < 1.29 is 0 Å². The van der Waals surface area contributed by atoms with E-state index in [1.807, 2.05) is 0 Å². The second kappa shape index (κ2) is 4.38. The van der Waals surface area contributed by atoms with E-state index in [1.54, 1.807) is 0 Å². The third-order valence-electron chi connectivity index (χ3n) is 4.23. The number of allylic oxidation sites excluding steroid dienone is 5. The summed E-state index contributed by atoms with van der Waals surface area (Å²) in [5, 5.41) is 0. The van der Waals surface area contributed by atoms with Gasteiger partial charge < -0.3 is 4.57 Å². The van der Waals surface area contributed by atoms with Crippen molar-refractivity contribution in [2.75, 3.05) is 0 Å². The summed E-state index contributed by atoms with van der Waals surface area (Å²) in [4.78, 5) is 0. The number of hydrogen-bond donors (Lipinski definition) is 0. The first-order valence-electron chi connectivity index (χ1n) is 7.12. The first-order valence-corrected chi connectivity index (χ1v) is 7.12. The topological polar surface area (TPSA) is 4.93 Å². The number of fused-ring (bicyclic) bond motifs is 2. The van der Waals surface area contributed by atoms with Gasteiger partial charge in [0.15, 0.2) is 0 Å². The van der Waals surface area contributed by atoms with Crippen molar-refractivity contribution >= 4 is 5.57 Å². The van der Waals surface area contributed by atoms with Crippen LogP contribution >= 0.6 is 0 Å². The molecular formula is C19H17N. The van der Waals surface area contributed by atoms with Crippen LogP contribution in [0.25, 0.3) is 5.57 Å². The van der Waals surface area contributed by atoms with Gasteiger partial charge in [-0.1, -0.05) is 54.6 Å². The Morgan fingerprint density at radius 3 is 2.75 bits per heavy atom. The van der Waals surface area contributed by atoms with Crippen LogP contribution in [0.4, 0.5) is 0 Å². The molecule has 1 unspecified atom stereocenters. The van der Waals surface area contributed by atoms with Gasteiger partial charge in [0.05, 0.1) is 0 Å². The van der Waals surface area contributed by atoms with Crippen molar-refractivity contribution in [3.8, 4) is 0 Å². The number of rotatable bonds is 1. The standard InChI is InChI=1S/C19H17N/c1-20-12-16-11-15-9-5-6-10-17(15)19(18(16)13-20)14-7-3-2-4-8-14/h2-10,12-13,15H,11H2,1H3. The van der Waals surface area contributed by atoms with Crippen LogP contribution in [-0.2, 0) is 13.5 Å². The van der Waals surface area contributed by atoms with Crippen molar-refractivity contribution in [2.45, 2.75) is 6.42 Å². The molecule has 0 bridgehead atoms. The first kappa shape index (κ1) is 11.5. The molecule has 98 valence electrons. The van der Waals surface area contributed by atoms with E-state index < -0.39 is 0 Å². The van der Waals surface area contributed by atoms with Gasteiger partial charge >= 0.3 is 0 Å². The molecule has 1 aromatic heterocycles. The van der Waals surface area contributed by atoms with Gasteiger partial charge in [0.25, 0.3) is 0 Å². The van der Waals surface area contributed by atoms with E-state index in [0.29, 0.717) is 5.92 Å². The molecule has 2 aliphatic rings. The molecular weight excluding hydrogens is 242 g/mol. The Kier molecular flexibility index (Phi) is 2.53. The summed E-state index contributed by atoms with van der Waals surface area (Å²) in [5.41, 5.74) is 7.03. The first-order chi connectivity index (χ1) is 9.83. The molecule has 0 spiro atoms. The molecule has 0 saturated carbocycles. The van der Waals surface area contributed by atoms with Crippen molar-refractivity contribution in [2.24, 2.45) is 13.0 Å². The van der Waals surface area contributed by atoms with Crippen LogP contribution in [0.1, 0.15) is 16.7 Å². The number of benzene rings is 1. The molecule has 2 aliphatic carbocycles. The summed E-state index contributed by atoms with van der Waals surface area (Å²) in [5.74, 6) is 0.519. The van der Waals surface area contributed by atoms with Gasteiger partial charge in [-0.25, -0.2) is 0 Å². The quantitative estimate of drug-likeness (QED) is 0.726. The predicted molar refractivity (Wildman–Crippen MR) is 83.4 cm³/mol. The minimum absolute atomic E-state index is 0.519. The molecule has 1 aromatic carbocycles. The second-order valence-electron chi connectivity index (χ2n) is 5.61. The van der Waals surface area contributed by atoms with Crippen molar-refractivity contribution in [3.05, 3.63) is 89.3 Å². The van der Waals surface area contributed by atoms with Crippen LogP contribution in [0.2, 0.25) is 0 Å². The maximum absolute atomic E-state index is 2.33. The molecule has 1 nitrogen and oxygen atoms in total. The summed E-state index contributed by atoms with van der Waals surface area (Å²) in [7, 11) is 2.11. The highest BCUT2D eigenvalue weighted by atomic mass is 14.9. The Labute approximate surface area is 119 Å². The maximum atomic E-state index is 2.33. The van der Waals surface area contributed by atoms with Crippen LogP contribution in [0.15, 0.2) is 72.6 Å². The van der Waals surface area contributed by atoms with Crippen LogP contribution < -0.4 is 0 Å². The Hall–Kier alpha value is -2.28. The molecule has 1 heteroatoms. The summed E-state index contributed by atoms with van der Waals surface area (Å²) < 4.78 is 2.18. The molecule has 0 fully saturated rings. The zero-order valence-corrected chi connectivity index (χ0v) is 11.6. The van der Waals surface area contributed by atoms with Gasteiger partial charge in [0.1, 0.15) is 0 Å². The summed E-state index contributed by atoms with van der Waals surface area (Å²) in [6, 6.07) is 10.8. The molecule has 0 amide bonds. The largest absolute Gasteiger partial charge is 0.356 e.